The molecule has 0 saturated carbocycles. The first-order valence-electron chi connectivity index (χ1n) is 6.76. The number of hydrogen-bond donors (Lipinski definition) is 3. The molecule has 0 aliphatic rings. The zero-order valence-corrected chi connectivity index (χ0v) is 13.2. The van der Waals surface area contributed by atoms with Crippen molar-refractivity contribution < 1.29 is 9.90 Å². The van der Waals surface area contributed by atoms with E-state index >= 15 is 0 Å². The Morgan fingerprint density at radius 3 is 2.32 bits per heavy atom. The lowest BCUT2D eigenvalue weighted by Gasteiger charge is -2.18. The second-order valence-corrected chi connectivity index (χ2v) is 5.54. The van der Waals surface area contributed by atoms with Gasteiger partial charge < -0.3 is 10.4 Å². The van der Waals surface area contributed by atoms with E-state index in [0.717, 1.165) is 5.56 Å². The Hall–Kier alpha value is -1.59. The van der Waals surface area contributed by atoms with Crippen LogP contribution in [0.3, 0.4) is 0 Å². The normalized spacial score (nSPS) is 12.0. The molecular formula is C16H16Cl2N2O2. The third-order valence-electron chi connectivity index (χ3n) is 2.99. The molecule has 0 aliphatic heterocycles. The topological polar surface area (TPSA) is 61.4 Å². The van der Waals surface area contributed by atoms with Gasteiger partial charge in [0.15, 0.2) is 0 Å². The molecule has 0 spiro atoms. The van der Waals surface area contributed by atoms with Crippen LogP contribution in [-0.4, -0.2) is 24.2 Å². The van der Waals surface area contributed by atoms with Crippen LogP contribution in [0.1, 0.15) is 11.6 Å². The minimum atomic E-state index is -0.578. The van der Waals surface area contributed by atoms with Gasteiger partial charge in [0.25, 0.3) is 0 Å². The fourth-order valence-corrected chi connectivity index (χ4v) is 2.58. The van der Waals surface area contributed by atoms with Crippen LogP contribution in [0.5, 0.6) is 0 Å². The standard InChI is InChI=1S/C16H16Cl2N2O2/c17-12-8-13(18)10-14(9-12)20-16(22)15(19-6-7-21)11-4-2-1-3-5-11/h1-5,8-10,15,19,21H,6-7H2,(H,20,22)/t15-/m1/s1. The van der Waals surface area contributed by atoms with Gasteiger partial charge in [0, 0.05) is 22.3 Å². The minimum absolute atomic E-state index is 0.0559. The molecule has 116 valence electrons. The average molecular weight is 339 g/mol. The Morgan fingerprint density at radius 1 is 1.09 bits per heavy atom. The second-order valence-electron chi connectivity index (χ2n) is 4.67. The predicted molar refractivity (Wildman–Crippen MR) is 89.4 cm³/mol. The quantitative estimate of drug-likeness (QED) is 0.757. The average Bonchev–Trinajstić information content (AvgIpc) is 2.47. The molecule has 0 saturated heterocycles. The maximum Gasteiger partial charge on any atom is 0.246 e. The van der Waals surface area contributed by atoms with Gasteiger partial charge in [0.05, 0.1) is 6.61 Å². The third-order valence-corrected chi connectivity index (χ3v) is 3.42. The van der Waals surface area contributed by atoms with E-state index in [4.69, 9.17) is 28.3 Å². The van der Waals surface area contributed by atoms with Crippen LogP contribution >= 0.6 is 23.2 Å². The van der Waals surface area contributed by atoms with E-state index in [2.05, 4.69) is 10.6 Å². The van der Waals surface area contributed by atoms with Crippen LogP contribution < -0.4 is 10.6 Å². The highest BCUT2D eigenvalue weighted by atomic mass is 35.5. The lowest BCUT2D eigenvalue weighted by atomic mass is 10.1. The number of rotatable bonds is 6. The molecule has 2 aromatic rings. The third kappa shape index (κ3) is 4.71. The molecule has 0 radical (unpaired) electrons. The molecular weight excluding hydrogens is 323 g/mol. The molecule has 1 amide bonds. The highest BCUT2D eigenvalue weighted by Crippen LogP contribution is 2.23. The van der Waals surface area contributed by atoms with Gasteiger partial charge in [-0.1, -0.05) is 53.5 Å². The Morgan fingerprint density at radius 2 is 1.73 bits per heavy atom. The molecule has 1 atom stereocenters. The van der Waals surface area contributed by atoms with Gasteiger partial charge in [-0.05, 0) is 23.8 Å². The summed E-state index contributed by atoms with van der Waals surface area (Å²) in [5.41, 5.74) is 1.33. The largest absolute Gasteiger partial charge is 0.395 e. The van der Waals surface area contributed by atoms with Crippen molar-refractivity contribution in [1.29, 1.82) is 0 Å². The first-order chi connectivity index (χ1) is 10.6. The highest BCUT2D eigenvalue weighted by Gasteiger charge is 2.20. The van der Waals surface area contributed by atoms with Crippen molar-refractivity contribution in [3.05, 3.63) is 64.1 Å². The number of carbonyl (C=O) groups is 1. The minimum Gasteiger partial charge on any atom is -0.395 e. The Balaban J connectivity index is 2.18. The Kier molecular flexibility index (Phi) is 6.21. The number of aliphatic hydroxyl groups is 1. The number of anilines is 1. The molecule has 0 unspecified atom stereocenters. The van der Waals surface area contributed by atoms with Crippen molar-refractivity contribution in [2.24, 2.45) is 0 Å². The number of carbonyl (C=O) groups excluding carboxylic acids is 1. The van der Waals surface area contributed by atoms with E-state index in [9.17, 15) is 4.79 Å². The van der Waals surface area contributed by atoms with Crippen molar-refractivity contribution in [2.45, 2.75) is 6.04 Å². The molecule has 6 heteroatoms. The highest BCUT2D eigenvalue weighted by molar-refractivity contribution is 6.35. The molecule has 4 nitrogen and oxygen atoms in total. The molecule has 0 bridgehead atoms. The number of halogens is 2. The zero-order valence-electron chi connectivity index (χ0n) is 11.7. The zero-order chi connectivity index (χ0) is 15.9. The first kappa shape index (κ1) is 16.8. The van der Waals surface area contributed by atoms with Crippen LogP contribution in [0.15, 0.2) is 48.5 Å². The smallest absolute Gasteiger partial charge is 0.246 e. The van der Waals surface area contributed by atoms with Gasteiger partial charge in [0.1, 0.15) is 6.04 Å². The monoisotopic (exact) mass is 338 g/mol. The molecule has 0 aliphatic carbocycles. The fourth-order valence-electron chi connectivity index (χ4n) is 2.06. The number of benzene rings is 2. The number of nitrogens with one attached hydrogen (secondary N) is 2. The van der Waals surface area contributed by atoms with E-state index in [1.807, 2.05) is 30.3 Å². The number of aliphatic hydroxyl groups excluding tert-OH is 1. The van der Waals surface area contributed by atoms with Crippen LogP contribution in [0.4, 0.5) is 5.69 Å². The summed E-state index contributed by atoms with van der Waals surface area (Å²) in [6, 6.07) is 13.5. The maximum absolute atomic E-state index is 12.5. The molecule has 2 aromatic carbocycles. The maximum atomic E-state index is 12.5. The van der Waals surface area contributed by atoms with Crippen molar-refractivity contribution in [3.8, 4) is 0 Å². The van der Waals surface area contributed by atoms with Gasteiger partial charge in [-0.3, -0.25) is 10.1 Å². The summed E-state index contributed by atoms with van der Waals surface area (Å²) in [6.07, 6.45) is 0. The number of amides is 1. The van der Waals surface area contributed by atoms with Gasteiger partial charge in [-0.25, -0.2) is 0 Å². The SMILES string of the molecule is O=C(Nc1cc(Cl)cc(Cl)c1)[C@H](NCCO)c1ccccc1. The Bertz CT molecular complexity index is 615. The molecule has 0 heterocycles. The summed E-state index contributed by atoms with van der Waals surface area (Å²) in [6.45, 7) is 0.253. The summed E-state index contributed by atoms with van der Waals surface area (Å²) in [7, 11) is 0. The molecule has 0 aromatic heterocycles. The van der Waals surface area contributed by atoms with Crippen molar-refractivity contribution >= 4 is 34.8 Å². The summed E-state index contributed by atoms with van der Waals surface area (Å²) in [5, 5.41) is 15.7. The lowest BCUT2D eigenvalue weighted by molar-refractivity contribution is -0.118. The van der Waals surface area contributed by atoms with E-state index in [-0.39, 0.29) is 12.5 Å². The van der Waals surface area contributed by atoms with Crippen molar-refractivity contribution in [2.75, 3.05) is 18.5 Å². The second kappa shape index (κ2) is 8.15. The van der Waals surface area contributed by atoms with Crippen molar-refractivity contribution in [3.63, 3.8) is 0 Å². The van der Waals surface area contributed by atoms with Gasteiger partial charge in [-0.15, -0.1) is 0 Å². The van der Waals surface area contributed by atoms with E-state index < -0.39 is 6.04 Å². The van der Waals surface area contributed by atoms with E-state index in [0.29, 0.717) is 22.3 Å². The van der Waals surface area contributed by atoms with Crippen LogP contribution in [0.2, 0.25) is 10.0 Å². The van der Waals surface area contributed by atoms with Gasteiger partial charge >= 0.3 is 0 Å². The molecule has 2 rings (SSSR count). The molecule has 0 fully saturated rings. The van der Waals surface area contributed by atoms with Gasteiger partial charge in [0.2, 0.25) is 5.91 Å². The van der Waals surface area contributed by atoms with E-state index in [1.54, 1.807) is 18.2 Å². The van der Waals surface area contributed by atoms with E-state index in [1.165, 1.54) is 0 Å². The Labute approximate surface area is 139 Å². The van der Waals surface area contributed by atoms with Crippen LogP contribution in [-0.2, 0) is 4.79 Å². The molecule has 3 N–H and O–H groups in total. The summed E-state index contributed by atoms with van der Waals surface area (Å²) in [5.74, 6) is -0.252. The summed E-state index contributed by atoms with van der Waals surface area (Å²) < 4.78 is 0. The fraction of sp³-hybridized carbons (Fsp3) is 0.188. The number of hydrogen-bond acceptors (Lipinski definition) is 3. The summed E-state index contributed by atoms with van der Waals surface area (Å²) in [4.78, 5) is 12.5. The first-order valence-corrected chi connectivity index (χ1v) is 7.52. The van der Waals surface area contributed by atoms with Crippen LogP contribution in [0.25, 0.3) is 0 Å². The molecule has 22 heavy (non-hydrogen) atoms. The lowest BCUT2D eigenvalue weighted by Crippen LogP contribution is -2.34. The van der Waals surface area contributed by atoms with Crippen molar-refractivity contribution in [1.82, 2.24) is 5.32 Å². The van der Waals surface area contributed by atoms with Gasteiger partial charge in [-0.2, -0.15) is 0 Å². The predicted octanol–water partition coefficient (Wildman–Crippen LogP) is 3.26. The van der Waals surface area contributed by atoms with Crippen LogP contribution in [0, 0.1) is 0 Å². The summed E-state index contributed by atoms with van der Waals surface area (Å²) >= 11 is 11.9.